The fraction of sp³-hybridized carbons (Fsp3) is 0.258. The number of nitrogens with one attached hydrogen (secondary N) is 1. The van der Waals surface area contributed by atoms with Crippen molar-refractivity contribution in [3.8, 4) is 28.2 Å². The zero-order valence-electron chi connectivity index (χ0n) is 22.4. The fourth-order valence-electron chi connectivity index (χ4n) is 5.21. The van der Waals surface area contributed by atoms with Crippen molar-refractivity contribution < 1.29 is 33.4 Å². The van der Waals surface area contributed by atoms with Crippen molar-refractivity contribution in [2.24, 2.45) is 0 Å². The Morgan fingerprint density at radius 2 is 1.80 bits per heavy atom. The minimum atomic E-state index is -0.789. The van der Waals surface area contributed by atoms with Crippen LogP contribution in [0.1, 0.15) is 48.3 Å². The van der Waals surface area contributed by atoms with E-state index in [4.69, 9.17) is 30.3 Å². The smallest absolute Gasteiger partial charge is 0.412 e. The second-order valence-corrected chi connectivity index (χ2v) is 10.6. The molecule has 1 aliphatic carbocycles. The predicted molar refractivity (Wildman–Crippen MR) is 151 cm³/mol. The van der Waals surface area contributed by atoms with Gasteiger partial charge in [-0.3, -0.25) is 10.1 Å². The molecular weight excluding hydrogens is 548 g/mol. The second kappa shape index (κ2) is 10.6. The molecule has 1 amide bonds. The summed E-state index contributed by atoms with van der Waals surface area (Å²) in [6.07, 6.45) is 0.0193. The van der Waals surface area contributed by atoms with E-state index in [9.17, 15) is 14.7 Å². The summed E-state index contributed by atoms with van der Waals surface area (Å²) < 4.78 is 22.8. The number of carboxylic acid groups (broad SMARTS) is 1. The van der Waals surface area contributed by atoms with E-state index < -0.39 is 23.6 Å². The Labute approximate surface area is 241 Å². The molecule has 2 N–H and O–H groups in total. The van der Waals surface area contributed by atoms with Crippen LogP contribution in [-0.2, 0) is 26.3 Å². The molecule has 1 saturated carbocycles. The van der Waals surface area contributed by atoms with Crippen LogP contribution in [0.4, 0.5) is 10.5 Å². The molecule has 10 heteroatoms. The number of anilines is 1. The Morgan fingerprint density at radius 1 is 1.07 bits per heavy atom. The zero-order valence-corrected chi connectivity index (χ0v) is 23.2. The normalized spacial score (nSPS) is 15.8. The predicted octanol–water partition coefficient (Wildman–Crippen LogP) is 7.26. The summed E-state index contributed by atoms with van der Waals surface area (Å²) in [4.78, 5) is 24.6. The number of aliphatic carboxylic acids is 1. The summed E-state index contributed by atoms with van der Waals surface area (Å²) in [7, 11) is 0. The van der Waals surface area contributed by atoms with E-state index in [2.05, 4.69) is 10.5 Å². The molecule has 1 unspecified atom stereocenters. The number of benzene rings is 3. The van der Waals surface area contributed by atoms with Gasteiger partial charge >= 0.3 is 12.1 Å². The van der Waals surface area contributed by atoms with Gasteiger partial charge in [0, 0.05) is 16.1 Å². The van der Waals surface area contributed by atoms with Crippen molar-refractivity contribution in [2.75, 3.05) is 12.1 Å². The minimum absolute atomic E-state index is 0.0524. The fourth-order valence-corrected chi connectivity index (χ4v) is 5.50. The van der Waals surface area contributed by atoms with Gasteiger partial charge in [0.25, 0.3) is 0 Å². The first-order valence-corrected chi connectivity index (χ1v) is 13.6. The van der Waals surface area contributed by atoms with Crippen LogP contribution >= 0.6 is 11.6 Å². The molecule has 0 bridgehead atoms. The van der Waals surface area contributed by atoms with Gasteiger partial charge in [-0.25, -0.2) is 4.79 Å². The lowest BCUT2D eigenvalue weighted by molar-refractivity contribution is -0.140. The summed E-state index contributed by atoms with van der Waals surface area (Å²) in [5.74, 6) is 0.0869. The van der Waals surface area contributed by atoms with Gasteiger partial charge in [-0.05, 0) is 55.5 Å². The summed E-state index contributed by atoms with van der Waals surface area (Å²) in [5, 5.41) is 17.0. The number of carbonyl (C=O) groups is 2. The maximum absolute atomic E-state index is 12.9. The number of aromatic nitrogens is 1. The van der Waals surface area contributed by atoms with Gasteiger partial charge in [0.1, 0.15) is 23.2 Å². The van der Waals surface area contributed by atoms with E-state index in [0.29, 0.717) is 58.5 Å². The summed E-state index contributed by atoms with van der Waals surface area (Å²) in [6, 6.07) is 18.5. The first kappa shape index (κ1) is 26.9. The highest BCUT2D eigenvalue weighted by molar-refractivity contribution is 6.31. The highest BCUT2D eigenvalue weighted by Crippen LogP contribution is 2.49. The molecule has 2 aliphatic rings. The molecule has 4 aromatic rings. The number of aryl methyl sites for hydroxylation is 1. The second-order valence-electron chi connectivity index (χ2n) is 10.2. The summed E-state index contributed by atoms with van der Waals surface area (Å²) >= 11 is 6.26. The van der Waals surface area contributed by atoms with Gasteiger partial charge in [-0.1, -0.05) is 65.3 Å². The van der Waals surface area contributed by atoms with E-state index in [0.717, 1.165) is 22.3 Å². The third-order valence-electron chi connectivity index (χ3n) is 7.66. The van der Waals surface area contributed by atoms with E-state index >= 15 is 0 Å². The van der Waals surface area contributed by atoms with Crippen LogP contribution in [0.2, 0.25) is 5.02 Å². The van der Waals surface area contributed by atoms with Crippen molar-refractivity contribution >= 4 is 29.4 Å². The lowest BCUT2D eigenvalue weighted by Gasteiger charge is -2.23. The van der Waals surface area contributed by atoms with Crippen molar-refractivity contribution in [2.45, 2.75) is 44.8 Å². The van der Waals surface area contributed by atoms with E-state index in [1.165, 1.54) is 0 Å². The topological polar surface area (TPSA) is 120 Å². The zero-order chi connectivity index (χ0) is 28.7. The van der Waals surface area contributed by atoms with Gasteiger partial charge < -0.3 is 23.8 Å². The van der Waals surface area contributed by atoms with Crippen LogP contribution in [-0.4, -0.2) is 29.1 Å². The van der Waals surface area contributed by atoms with Crippen molar-refractivity contribution in [1.82, 2.24) is 5.16 Å². The molecule has 0 saturated heterocycles. The molecule has 1 aliphatic heterocycles. The molecule has 41 heavy (non-hydrogen) atoms. The molecule has 1 fully saturated rings. The van der Waals surface area contributed by atoms with Crippen LogP contribution in [0.15, 0.2) is 65.2 Å². The molecule has 3 aromatic carbocycles. The van der Waals surface area contributed by atoms with Crippen molar-refractivity contribution in [3.05, 3.63) is 88.1 Å². The van der Waals surface area contributed by atoms with Crippen molar-refractivity contribution in [1.29, 1.82) is 0 Å². The quantitative estimate of drug-likeness (QED) is 0.236. The third-order valence-corrected chi connectivity index (χ3v) is 8.01. The lowest BCUT2D eigenvalue weighted by atomic mass is 9.91. The van der Waals surface area contributed by atoms with Crippen LogP contribution in [0.5, 0.6) is 5.75 Å². The minimum Gasteiger partial charge on any atom is -0.481 e. The monoisotopic (exact) mass is 574 g/mol. The third kappa shape index (κ3) is 4.92. The highest BCUT2D eigenvalue weighted by atomic mass is 35.5. The molecule has 1 atom stereocenters. The Hall–Kier alpha value is -4.34. The number of rotatable bonds is 7. The number of carbonyl (C=O) groups excluding carboxylic acids is 1. The Balaban J connectivity index is 1.29. The molecule has 210 valence electrons. The molecule has 0 spiro atoms. The molecule has 6 rings (SSSR count). The largest absolute Gasteiger partial charge is 0.481 e. The maximum Gasteiger partial charge on any atom is 0.412 e. The van der Waals surface area contributed by atoms with Crippen LogP contribution in [0, 0.1) is 6.92 Å². The Morgan fingerprint density at radius 3 is 2.51 bits per heavy atom. The van der Waals surface area contributed by atoms with Crippen LogP contribution < -0.4 is 10.1 Å². The van der Waals surface area contributed by atoms with Crippen LogP contribution in [0.3, 0.4) is 0 Å². The van der Waals surface area contributed by atoms with E-state index in [1.54, 1.807) is 26.0 Å². The van der Waals surface area contributed by atoms with Gasteiger partial charge in [0.05, 0.1) is 17.6 Å². The number of hydrogen-bond acceptors (Lipinski definition) is 7. The van der Waals surface area contributed by atoms with Gasteiger partial charge in [0.2, 0.25) is 0 Å². The van der Waals surface area contributed by atoms with Crippen LogP contribution in [0.25, 0.3) is 22.5 Å². The number of ether oxygens (including phenoxy) is 3. The Kier molecular flexibility index (Phi) is 6.93. The number of nitrogens with zero attached hydrogens (tertiary/aromatic N) is 1. The van der Waals surface area contributed by atoms with E-state index in [1.807, 2.05) is 48.5 Å². The SMILES string of the molecule is Cc1noc(-c2ccc(-c3ccc(C4(C(=O)O)CC4)cc3)c3c2OCOC3)c1NC(=O)OC(C)c1ccccc1Cl. The average molecular weight is 575 g/mol. The molecule has 1 aromatic heterocycles. The number of carboxylic acids is 1. The van der Waals surface area contributed by atoms with Gasteiger partial charge in [0.15, 0.2) is 12.6 Å². The van der Waals surface area contributed by atoms with Gasteiger partial charge in [-0.2, -0.15) is 0 Å². The first-order valence-electron chi connectivity index (χ1n) is 13.2. The molecular formula is C31H27ClN2O7. The highest BCUT2D eigenvalue weighted by Gasteiger charge is 2.51. The average Bonchev–Trinajstić information content (AvgIpc) is 3.72. The van der Waals surface area contributed by atoms with Gasteiger partial charge in [-0.15, -0.1) is 0 Å². The molecule has 0 radical (unpaired) electrons. The number of hydrogen-bond donors (Lipinski definition) is 2. The number of halogens is 1. The van der Waals surface area contributed by atoms with E-state index in [-0.39, 0.29) is 6.79 Å². The Bertz CT molecular complexity index is 1640. The molecule has 9 nitrogen and oxygen atoms in total. The number of amides is 1. The molecule has 2 heterocycles. The first-order chi connectivity index (χ1) is 19.8. The number of fused-ring (bicyclic) bond motifs is 1. The maximum atomic E-state index is 12.9. The summed E-state index contributed by atoms with van der Waals surface area (Å²) in [6.45, 7) is 3.81. The summed E-state index contributed by atoms with van der Waals surface area (Å²) in [5.41, 5.74) is 4.73. The van der Waals surface area contributed by atoms with Crippen molar-refractivity contribution in [3.63, 3.8) is 0 Å². The lowest BCUT2D eigenvalue weighted by Crippen LogP contribution is -2.19. The standard InChI is InChI=1S/C31H27ClN2O7/c1-17-26(33-30(37)40-18(2)21-5-3-4-6-25(21)32)28(41-34-17)23-12-11-22(24-15-38-16-39-27(23)24)19-7-9-20(10-8-19)31(13-14-31)29(35)36/h3-12,18H,13-16H2,1-2H3,(H,33,37)(H,35,36).